The molecular formula is C18H25NO2. The molecule has 0 saturated heterocycles. The van der Waals surface area contributed by atoms with Crippen molar-refractivity contribution in [2.75, 3.05) is 6.61 Å². The van der Waals surface area contributed by atoms with E-state index in [4.69, 9.17) is 0 Å². The standard InChI is InChI=1S/C18H25NO2/c20-11-16(13-4-2-1-3-5-13)19-17-14-6-12-7-15(17)10-18(21,8-12)9-14/h1-5,12,14-17,19-21H,6-11H2/t12?,14-,15+,16-,17?,18?/m0/s1. The molecule has 3 N–H and O–H groups in total. The summed E-state index contributed by atoms with van der Waals surface area (Å²) in [5, 5.41) is 24.1. The van der Waals surface area contributed by atoms with Gasteiger partial charge < -0.3 is 15.5 Å². The fourth-order valence-electron chi connectivity index (χ4n) is 5.43. The van der Waals surface area contributed by atoms with Crippen LogP contribution in [-0.4, -0.2) is 28.5 Å². The zero-order valence-electron chi connectivity index (χ0n) is 12.4. The Labute approximate surface area is 126 Å². The predicted octanol–water partition coefficient (Wildman–Crippen LogP) is 2.25. The summed E-state index contributed by atoms with van der Waals surface area (Å²) in [7, 11) is 0. The molecule has 0 aliphatic heterocycles. The first-order chi connectivity index (χ1) is 10.2. The van der Waals surface area contributed by atoms with Crippen LogP contribution in [0.2, 0.25) is 0 Å². The van der Waals surface area contributed by atoms with E-state index in [0.717, 1.165) is 30.7 Å². The van der Waals surface area contributed by atoms with Crippen molar-refractivity contribution in [2.24, 2.45) is 17.8 Å². The lowest BCUT2D eigenvalue weighted by molar-refractivity contribution is -0.140. The number of hydrogen-bond acceptors (Lipinski definition) is 3. The van der Waals surface area contributed by atoms with Crippen LogP contribution < -0.4 is 5.32 Å². The molecule has 0 amide bonds. The minimum atomic E-state index is -0.379. The maximum atomic E-state index is 10.7. The topological polar surface area (TPSA) is 52.5 Å². The predicted molar refractivity (Wildman–Crippen MR) is 81.7 cm³/mol. The Morgan fingerprint density at radius 1 is 1.10 bits per heavy atom. The molecule has 3 nitrogen and oxygen atoms in total. The zero-order chi connectivity index (χ0) is 14.4. The first-order valence-electron chi connectivity index (χ1n) is 8.31. The molecule has 21 heavy (non-hydrogen) atoms. The third-order valence-electron chi connectivity index (χ3n) is 6.02. The first-order valence-corrected chi connectivity index (χ1v) is 8.31. The van der Waals surface area contributed by atoms with E-state index in [1.165, 1.54) is 12.8 Å². The molecule has 4 aliphatic rings. The third-order valence-corrected chi connectivity index (χ3v) is 6.02. The minimum Gasteiger partial charge on any atom is -0.394 e. The van der Waals surface area contributed by atoms with Crippen molar-refractivity contribution in [1.82, 2.24) is 5.32 Å². The molecule has 0 aromatic heterocycles. The molecule has 4 bridgehead atoms. The number of rotatable bonds is 4. The van der Waals surface area contributed by atoms with E-state index in [9.17, 15) is 10.2 Å². The fourth-order valence-corrected chi connectivity index (χ4v) is 5.43. The summed E-state index contributed by atoms with van der Waals surface area (Å²) < 4.78 is 0. The van der Waals surface area contributed by atoms with E-state index in [1.54, 1.807) is 0 Å². The molecule has 6 atom stereocenters. The quantitative estimate of drug-likeness (QED) is 0.796. The Kier molecular flexibility index (Phi) is 3.32. The van der Waals surface area contributed by atoms with E-state index in [1.807, 2.05) is 18.2 Å². The molecule has 1 aromatic carbocycles. The first kappa shape index (κ1) is 13.7. The van der Waals surface area contributed by atoms with Crippen LogP contribution in [-0.2, 0) is 0 Å². The highest BCUT2D eigenvalue weighted by Gasteiger charge is 2.54. The van der Waals surface area contributed by atoms with Crippen LogP contribution in [0, 0.1) is 17.8 Å². The van der Waals surface area contributed by atoms with Crippen LogP contribution >= 0.6 is 0 Å². The van der Waals surface area contributed by atoms with Crippen LogP contribution in [0.15, 0.2) is 30.3 Å². The molecule has 4 aliphatic carbocycles. The second-order valence-electron chi connectivity index (χ2n) is 7.53. The van der Waals surface area contributed by atoms with Crippen molar-refractivity contribution >= 4 is 0 Å². The number of aliphatic hydroxyl groups is 2. The molecule has 3 heteroatoms. The maximum Gasteiger partial charge on any atom is 0.0657 e. The summed E-state index contributed by atoms with van der Waals surface area (Å²) in [5.41, 5.74) is 0.781. The van der Waals surface area contributed by atoms with E-state index in [2.05, 4.69) is 17.4 Å². The zero-order valence-corrected chi connectivity index (χ0v) is 12.4. The molecule has 0 heterocycles. The minimum absolute atomic E-state index is 0.0170. The largest absolute Gasteiger partial charge is 0.394 e. The van der Waals surface area contributed by atoms with E-state index in [-0.39, 0.29) is 18.2 Å². The average Bonchev–Trinajstić information content (AvgIpc) is 2.46. The molecule has 0 spiro atoms. The maximum absolute atomic E-state index is 10.7. The van der Waals surface area contributed by atoms with Gasteiger partial charge in [0.2, 0.25) is 0 Å². The average molecular weight is 287 g/mol. The molecule has 114 valence electrons. The van der Waals surface area contributed by atoms with Gasteiger partial charge in [0, 0.05) is 6.04 Å². The highest BCUT2D eigenvalue weighted by molar-refractivity contribution is 5.20. The fraction of sp³-hybridized carbons (Fsp3) is 0.667. The Hall–Kier alpha value is -0.900. The summed E-state index contributed by atoms with van der Waals surface area (Å²) in [4.78, 5) is 0. The highest BCUT2D eigenvalue weighted by Crippen LogP contribution is 2.55. The van der Waals surface area contributed by atoms with Crippen LogP contribution in [0.25, 0.3) is 0 Å². The van der Waals surface area contributed by atoms with Gasteiger partial charge in [0.25, 0.3) is 0 Å². The molecule has 3 unspecified atom stereocenters. The Morgan fingerprint density at radius 2 is 1.76 bits per heavy atom. The monoisotopic (exact) mass is 287 g/mol. The summed E-state index contributed by atoms with van der Waals surface area (Å²) in [6, 6.07) is 10.7. The van der Waals surface area contributed by atoms with Crippen LogP contribution in [0.1, 0.15) is 43.7 Å². The molecule has 4 fully saturated rings. The van der Waals surface area contributed by atoms with Crippen LogP contribution in [0.5, 0.6) is 0 Å². The smallest absolute Gasteiger partial charge is 0.0657 e. The third kappa shape index (κ3) is 2.41. The molecule has 0 radical (unpaired) electrons. The normalized spacial score (nSPS) is 42.2. The van der Waals surface area contributed by atoms with Gasteiger partial charge in [0.15, 0.2) is 0 Å². The Balaban J connectivity index is 1.52. The summed E-state index contributed by atoms with van der Waals surface area (Å²) >= 11 is 0. The molecular weight excluding hydrogens is 262 g/mol. The Bertz CT molecular complexity index is 487. The van der Waals surface area contributed by atoms with Gasteiger partial charge >= 0.3 is 0 Å². The van der Waals surface area contributed by atoms with Gasteiger partial charge in [-0.25, -0.2) is 0 Å². The van der Waals surface area contributed by atoms with Crippen LogP contribution in [0.3, 0.4) is 0 Å². The van der Waals surface area contributed by atoms with Crippen molar-refractivity contribution in [1.29, 1.82) is 0 Å². The molecule has 5 rings (SSSR count). The van der Waals surface area contributed by atoms with Crippen molar-refractivity contribution < 1.29 is 10.2 Å². The van der Waals surface area contributed by atoms with Gasteiger partial charge in [-0.3, -0.25) is 0 Å². The van der Waals surface area contributed by atoms with Crippen molar-refractivity contribution in [3.63, 3.8) is 0 Å². The number of hydrogen-bond donors (Lipinski definition) is 3. The summed E-state index contributed by atoms with van der Waals surface area (Å²) in [5.74, 6) is 1.90. The van der Waals surface area contributed by atoms with E-state index >= 15 is 0 Å². The molecule has 1 aromatic rings. The SMILES string of the molecule is OC[C@H](NC1[C@@H]2CC3C[C@H]1CC(O)(C3)C2)c1ccccc1. The van der Waals surface area contributed by atoms with E-state index < -0.39 is 0 Å². The second kappa shape index (κ2) is 5.08. The summed E-state index contributed by atoms with van der Waals surface area (Å²) in [6.07, 6.45) is 5.43. The van der Waals surface area contributed by atoms with Crippen molar-refractivity contribution in [2.45, 2.75) is 49.8 Å². The number of aliphatic hydroxyl groups excluding tert-OH is 1. The van der Waals surface area contributed by atoms with Gasteiger partial charge in [0.05, 0.1) is 18.2 Å². The van der Waals surface area contributed by atoms with E-state index in [0.29, 0.717) is 17.9 Å². The lowest BCUT2D eigenvalue weighted by Gasteiger charge is -2.58. The molecule has 4 saturated carbocycles. The van der Waals surface area contributed by atoms with Crippen molar-refractivity contribution in [3.05, 3.63) is 35.9 Å². The van der Waals surface area contributed by atoms with Crippen LogP contribution in [0.4, 0.5) is 0 Å². The number of benzene rings is 1. The van der Waals surface area contributed by atoms with Gasteiger partial charge in [-0.2, -0.15) is 0 Å². The lowest BCUT2D eigenvalue weighted by Crippen LogP contribution is -2.61. The Morgan fingerprint density at radius 3 is 2.33 bits per heavy atom. The van der Waals surface area contributed by atoms with Gasteiger partial charge in [-0.05, 0) is 55.4 Å². The highest BCUT2D eigenvalue weighted by atomic mass is 16.3. The van der Waals surface area contributed by atoms with Gasteiger partial charge in [0.1, 0.15) is 0 Å². The summed E-state index contributed by atoms with van der Waals surface area (Å²) in [6.45, 7) is 0.133. The second-order valence-corrected chi connectivity index (χ2v) is 7.53. The number of nitrogens with one attached hydrogen (secondary N) is 1. The van der Waals surface area contributed by atoms with Gasteiger partial charge in [-0.1, -0.05) is 30.3 Å². The van der Waals surface area contributed by atoms with Crippen molar-refractivity contribution in [3.8, 4) is 0 Å². The lowest BCUT2D eigenvalue weighted by atomic mass is 9.52. The van der Waals surface area contributed by atoms with Gasteiger partial charge in [-0.15, -0.1) is 0 Å².